The van der Waals surface area contributed by atoms with Crippen molar-refractivity contribution in [3.05, 3.63) is 64.9 Å². The number of nitrogens with zero attached hydrogens (tertiary/aromatic N) is 2. The zero-order valence-corrected chi connectivity index (χ0v) is 15.7. The lowest BCUT2D eigenvalue weighted by molar-refractivity contribution is -0.125. The molecule has 2 heterocycles. The van der Waals surface area contributed by atoms with Crippen LogP contribution in [0.1, 0.15) is 28.8 Å². The van der Waals surface area contributed by atoms with Crippen LogP contribution in [0.2, 0.25) is 5.15 Å². The van der Waals surface area contributed by atoms with Crippen molar-refractivity contribution in [3.63, 3.8) is 0 Å². The maximum absolute atomic E-state index is 12.1. The van der Waals surface area contributed by atoms with Gasteiger partial charge in [-0.1, -0.05) is 41.9 Å². The number of hydrogen-bond donors (Lipinski definition) is 1. The van der Waals surface area contributed by atoms with E-state index in [1.165, 1.54) is 17.8 Å². The third kappa shape index (κ3) is 5.77. The van der Waals surface area contributed by atoms with E-state index < -0.39 is 5.97 Å². The molecule has 7 heteroatoms. The highest BCUT2D eigenvalue weighted by atomic mass is 35.5. The lowest BCUT2D eigenvalue weighted by atomic mass is 10.0. The molecule has 1 aliphatic heterocycles. The number of ether oxygens (including phenoxy) is 1. The number of carbonyl (C=O) groups is 2. The highest BCUT2D eigenvalue weighted by molar-refractivity contribution is 6.32. The van der Waals surface area contributed by atoms with Crippen molar-refractivity contribution in [2.75, 3.05) is 19.7 Å². The Bertz CT molecular complexity index is 777. The minimum atomic E-state index is -0.652. The van der Waals surface area contributed by atoms with Gasteiger partial charge in [-0.2, -0.15) is 0 Å². The lowest BCUT2D eigenvalue weighted by Crippen LogP contribution is -2.45. The normalized spacial score (nSPS) is 15.3. The highest BCUT2D eigenvalue weighted by Gasteiger charge is 2.21. The number of amides is 1. The van der Waals surface area contributed by atoms with Crippen LogP contribution in [0.3, 0.4) is 0 Å². The molecule has 1 saturated heterocycles. The lowest BCUT2D eigenvalue weighted by Gasteiger charge is -2.32. The number of benzene rings is 1. The molecule has 2 aromatic rings. The van der Waals surface area contributed by atoms with E-state index >= 15 is 0 Å². The molecule has 1 aromatic carbocycles. The van der Waals surface area contributed by atoms with Crippen LogP contribution in [0.4, 0.5) is 0 Å². The quantitative estimate of drug-likeness (QED) is 0.609. The Hall–Kier alpha value is -2.44. The number of esters is 1. The van der Waals surface area contributed by atoms with Crippen LogP contribution in [0, 0.1) is 0 Å². The van der Waals surface area contributed by atoms with Gasteiger partial charge in [0.15, 0.2) is 6.61 Å². The van der Waals surface area contributed by atoms with Crippen LogP contribution >= 0.6 is 11.6 Å². The van der Waals surface area contributed by atoms with Gasteiger partial charge in [0.1, 0.15) is 5.15 Å². The molecular weight excluding hydrogens is 366 g/mol. The summed E-state index contributed by atoms with van der Waals surface area (Å²) in [6.07, 6.45) is 3.23. The van der Waals surface area contributed by atoms with Gasteiger partial charge in [0.05, 0.1) is 5.56 Å². The third-order valence-corrected chi connectivity index (χ3v) is 4.82. The Morgan fingerprint density at radius 3 is 2.59 bits per heavy atom. The van der Waals surface area contributed by atoms with Crippen LogP contribution in [0.25, 0.3) is 0 Å². The molecule has 142 valence electrons. The first-order chi connectivity index (χ1) is 13.1. The second-order valence-electron chi connectivity index (χ2n) is 6.52. The molecule has 1 amide bonds. The SMILES string of the molecule is O=C(COC(=O)c1cccnc1Cl)NC1CCN(Cc2ccccc2)CC1. The summed E-state index contributed by atoms with van der Waals surface area (Å²) in [4.78, 5) is 30.2. The molecule has 1 aliphatic rings. The molecule has 0 unspecified atom stereocenters. The number of rotatable bonds is 6. The van der Waals surface area contributed by atoms with Gasteiger partial charge in [0, 0.05) is 31.9 Å². The Kier molecular flexibility index (Phi) is 6.79. The number of nitrogens with one attached hydrogen (secondary N) is 1. The summed E-state index contributed by atoms with van der Waals surface area (Å²) in [6.45, 7) is 2.44. The minimum absolute atomic E-state index is 0.0636. The smallest absolute Gasteiger partial charge is 0.341 e. The van der Waals surface area contributed by atoms with Crippen molar-refractivity contribution < 1.29 is 14.3 Å². The van der Waals surface area contributed by atoms with Gasteiger partial charge in [-0.05, 0) is 30.5 Å². The third-order valence-electron chi connectivity index (χ3n) is 4.52. The second-order valence-corrected chi connectivity index (χ2v) is 6.88. The molecule has 0 spiro atoms. The van der Waals surface area contributed by atoms with E-state index in [1.54, 1.807) is 6.07 Å². The fourth-order valence-electron chi connectivity index (χ4n) is 3.09. The Morgan fingerprint density at radius 2 is 1.89 bits per heavy atom. The van der Waals surface area contributed by atoms with Crippen molar-refractivity contribution >= 4 is 23.5 Å². The average Bonchev–Trinajstić information content (AvgIpc) is 2.69. The number of halogens is 1. The van der Waals surface area contributed by atoms with Gasteiger partial charge in [-0.25, -0.2) is 9.78 Å². The molecule has 1 fully saturated rings. The number of piperidine rings is 1. The maximum atomic E-state index is 12.1. The zero-order valence-electron chi connectivity index (χ0n) is 14.9. The van der Waals surface area contributed by atoms with E-state index in [2.05, 4.69) is 27.3 Å². The second kappa shape index (κ2) is 9.48. The molecule has 0 radical (unpaired) electrons. The van der Waals surface area contributed by atoms with Gasteiger partial charge >= 0.3 is 5.97 Å². The fourth-order valence-corrected chi connectivity index (χ4v) is 3.29. The van der Waals surface area contributed by atoms with E-state index in [0.717, 1.165) is 32.5 Å². The predicted octanol–water partition coefficient (Wildman–Crippen LogP) is 2.67. The number of aromatic nitrogens is 1. The predicted molar refractivity (Wildman–Crippen MR) is 102 cm³/mol. The number of likely N-dealkylation sites (tertiary alicyclic amines) is 1. The standard InChI is InChI=1S/C20H22ClN3O3/c21-19-17(7-4-10-22-19)20(26)27-14-18(25)23-16-8-11-24(12-9-16)13-15-5-2-1-3-6-15/h1-7,10,16H,8-9,11-14H2,(H,23,25). The monoisotopic (exact) mass is 387 g/mol. The van der Waals surface area contributed by atoms with Crippen molar-refractivity contribution in [3.8, 4) is 0 Å². The summed E-state index contributed by atoms with van der Waals surface area (Å²) in [7, 11) is 0. The van der Waals surface area contributed by atoms with Gasteiger partial charge in [0.2, 0.25) is 0 Å². The number of carbonyl (C=O) groups excluding carboxylic acids is 2. The molecule has 6 nitrogen and oxygen atoms in total. The van der Waals surface area contributed by atoms with Crippen molar-refractivity contribution in [1.29, 1.82) is 0 Å². The molecule has 0 saturated carbocycles. The summed E-state index contributed by atoms with van der Waals surface area (Å²) in [5, 5.41) is 3.00. The Balaban J connectivity index is 1.38. The molecule has 0 aliphatic carbocycles. The Labute approximate surface area is 163 Å². The van der Waals surface area contributed by atoms with Gasteiger partial charge in [-0.3, -0.25) is 9.69 Å². The first-order valence-electron chi connectivity index (χ1n) is 8.95. The molecule has 3 rings (SSSR count). The largest absolute Gasteiger partial charge is 0.452 e. The van der Waals surface area contributed by atoms with Crippen LogP contribution in [0.15, 0.2) is 48.7 Å². The van der Waals surface area contributed by atoms with Crippen LogP contribution in [-0.4, -0.2) is 47.5 Å². The molecule has 1 aromatic heterocycles. The van der Waals surface area contributed by atoms with E-state index in [9.17, 15) is 9.59 Å². The van der Waals surface area contributed by atoms with Crippen LogP contribution < -0.4 is 5.32 Å². The summed E-state index contributed by atoms with van der Waals surface area (Å²) < 4.78 is 5.03. The number of pyridine rings is 1. The molecule has 0 bridgehead atoms. The topological polar surface area (TPSA) is 71.5 Å². The number of hydrogen-bond acceptors (Lipinski definition) is 5. The minimum Gasteiger partial charge on any atom is -0.452 e. The van der Waals surface area contributed by atoms with Gasteiger partial charge < -0.3 is 10.1 Å². The average molecular weight is 388 g/mol. The van der Waals surface area contributed by atoms with Crippen molar-refractivity contribution in [1.82, 2.24) is 15.2 Å². The van der Waals surface area contributed by atoms with Crippen LogP contribution in [0.5, 0.6) is 0 Å². The first-order valence-corrected chi connectivity index (χ1v) is 9.33. The van der Waals surface area contributed by atoms with E-state index in [0.29, 0.717) is 0 Å². The van der Waals surface area contributed by atoms with Crippen molar-refractivity contribution in [2.24, 2.45) is 0 Å². The van der Waals surface area contributed by atoms with Gasteiger partial charge in [0.25, 0.3) is 5.91 Å². The zero-order chi connectivity index (χ0) is 19.1. The summed E-state index contributed by atoms with van der Waals surface area (Å²) in [5.41, 5.74) is 1.45. The fraction of sp³-hybridized carbons (Fsp3) is 0.350. The molecule has 1 N–H and O–H groups in total. The summed E-state index contributed by atoms with van der Waals surface area (Å²) >= 11 is 5.84. The summed E-state index contributed by atoms with van der Waals surface area (Å²) in [5.74, 6) is -0.953. The molecule has 27 heavy (non-hydrogen) atoms. The highest BCUT2D eigenvalue weighted by Crippen LogP contribution is 2.14. The maximum Gasteiger partial charge on any atom is 0.341 e. The van der Waals surface area contributed by atoms with E-state index in [1.807, 2.05) is 18.2 Å². The van der Waals surface area contributed by atoms with Gasteiger partial charge in [-0.15, -0.1) is 0 Å². The van der Waals surface area contributed by atoms with E-state index in [-0.39, 0.29) is 29.3 Å². The Morgan fingerprint density at radius 1 is 1.15 bits per heavy atom. The molecule has 0 atom stereocenters. The molecular formula is C20H22ClN3O3. The van der Waals surface area contributed by atoms with Crippen LogP contribution in [-0.2, 0) is 16.1 Å². The van der Waals surface area contributed by atoms with E-state index in [4.69, 9.17) is 16.3 Å². The first kappa shape index (κ1) is 19.3. The van der Waals surface area contributed by atoms with Crippen molar-refractivity contribution in [2.45, 2.75) is 25.4 Å². The summed E-state index contributed by atoms with van der Waals surface area (Å²) in [6, 6.07) is 13.5.